The predicted octanol–water partition coefficient (Wildman–Crippen LogP) is 3.84. The first-order valence-electron chi connectivity index (χ1n) is 9.04. The number of hydrogen-bond acceptors (Lipinski definition) is 2. The molecule has 2 aromatic rings. The summed E-state index contributed by atoms with van der Waals surface area (Å²) in [6, 6.07) is 10.6. The monoisotopic (exact) mass is 341 g/mol. The van der Waals surface area contributed by atoms with Crippen LogP contribution in [0, 0.1) is 13.8 Å². The van der Waals surface area contributed by atoms with Crippen molar-refractivity contribution in [2.24, 2.45) is 7.05 Å². The molecule has 0 bridgehead atoms. The lowest BCUT2D eigenvalue weighted by Crippen LogP contribution is -2.37. The molecular formula is C21H31N3O. The normalized spacial score (nSPS) is 12.9. The van der Waals surface area contributed by atoms with Crippen LogP contribution in [0.4, 0.5) is 0 Å². The van der Waals surface area contributed by atoms with Gasteiger partial charge in [-0.2, -0.15) is 5.10 Å². The molecule has 136 valence electrons. The van der Waals surface area contributed by atoms with E-state index in [2.05, 4.69) is 62.4 Å². The second-order valence-corrected chi connectivity index (χ2v) is 7.70. The van der Waals surface area contributed by atoms with Gasteiger partial charge in [-0.05, 0) is 50.2 Å². The summed E-state index contributed by atoms with van der Waals surface area (Å²) in [6.45, 7) is 10.6. The summed E-state index contributed by atoms with van der Waals surface area (Å²) in [5.41, 5.74) is 4.69. The van der Waals surface area contributed by atoms with Crippen molar-refractivity contribution in [3.63, 3.8) is 0 Å². The van der Waals surface area contributed by atoms with Crippen LogP contribution < -0.4 is 5.32 Å². The maximum atomic E-state index is 12.3. The van der Waals surface area contributed by atoms with E-state index in [0.29, 0.717) is 6.42 Å². The third-order valence-corrected chi connectivity index (χ3v) is 5.04. The zero-order chi connectivity index (χ0) is 18.6. The molecule has 1 aromatic carbocycles. The molecule has 0 aliphatic heterocycles. The highest BCUT2D eigenvalue weighted by atomic mass is 16.1. The molecule has 1 unspecified atom stereocenters. The lowest BCUT2D eigenvalue weighted by molar-refractivity contribution is -0.121. The Morgan fingerprint density at radius 2 is 1.88 bits per heavy atom. The number of aryl methyl sites for hydroxylation is 2. The van der Waals surface area contributed by atoms with Crippen LogP contribution in [0.5, 0.6) is 0 Å². The van der Waals surface area contributed by atoms with E-state index in [1.54, 1.807) is 0 Å². The summed E-state index contributed by atoms with van der Waals surface area (Å²) in [5, 5.41) is 7.57. The van der Waals surface area contributed by atoms with Crippen molar-refractivity contribution < 1.29 is 4.79 Å². The van der Waals surface area contributed by atoms with E-state index in [-0.39, 0.29) is 17.4 Å². The SMILES string of the molecule is Cc1nn(C)c(C)c1CCC(=O)NC(C)CC(C)(C)c1ccccc1. The van der Waals surface area contributed by atoms with E-state index >= 15 is 0 Å². The van der Waals surface area contributed by atoms with Crippen molar-refractivity contribution in [1.82, 2.24) is 15.1 Å². The molecule has 4 nitrogen and oxygen atoms in total. The Labute approximate surface area is 151 Å². The number of amides is 1. The van der Waals surface area contributed by atoms with Gasteiger partial charge < -0.3 is 5.32 Å². The minimum absolute atomic E-state index is 0.0322. The van der Waals surface area contributed by atoms with Gasteiger partial charge >= 0.3 is 0 Å². The van der Waals surface area contributed by atoms with Crippen molar-refractivity contribution in [3.05, 3.63) is 52.8 Å². The molecule has 4 heteroatoms. The number of nitrogens with zero attached hydrogens (tertiary/aromatic N) is 2. The summed E-state index contributed by atoms with van der Waals surface area (Å²) in [5.74, 6) is 0.110. The Kier molecular flexibility index (Phi) is 6.04. The van der Waals surface area contributed by atoms with Crippen LogP contribution in [0.3, 0.4) is 0 Å². The van der Waals surface area contributed by atoms with Gasteiger partial charge in [0.2, 0.25) is 5.91 Å². The molecule has 25 heavy (non-hydrogen) atoms. The minimum Gasteiger partial charge on any atom is -0.354 e. The number of carbonyl (C=O) groups is 1. The van der Waals surface area contributed by atoms with E-state index in [1.165, 1.54) is 11.1 Å². The third kappa shape index (κ3) is 4.94. The van der Waals surface area contributed by atoms with E-state index in [0.717, 1.165) is 24.2 Å². The molecule has 0 spiro atoms. The molecule has 1 heterocycles. The average molecular weight is 341 g/mol. The van der Waals surface area contributed by atoms with Crippen molar-refractivity contribution in [2.75, 3.05) is 0 Å². The van der Waals surface area contributed by atoms with Gasteiger partial charge in [-0.25, -0.2) is 0 Å². The first-order valence-corrected chi connectivity index (χ1v) is 9.04. The highest BCUT2D eigenvalue weighted by molar-refractivity contribution is 5.76. The molecule has 2 rings (SSSR count). The molecule has 0 aliphatic carbocycles. The molecule has 0 fully saturated rings. The number of nitrogens with one attached hydrogen (secondary N) is 1. The van der Waals surface area contributed by atoms with Crippen molar-refractivity contribution >= 4 is 5.91 Å². The van der Waals surface area contributed by atoms with Gasteiger partial charge in [0.05, 0.1) is 5.69 Å². The summed E-state index contributed by atoms with van der Waals surface area (Å²) in [4.78, 5) is 12.3. The Balaban J connectivity index is 1.88. The second-order valence-electron chi connectivity index (χ2n) is 7.70. The zero-order valence-corrected chi connectivity index (χ0v) is 16.4. The maximum Gasteiger partial charge on any atom is 0.220 e. The Morgan fingerprint density at radius 3 is 2.44 bits per heavy atom. The maximum absolute atomic E-state index is 12.3. The van der Waals surface area contributed by atoms with Crippen LogP contribution in [0.15, 0.2) is 30.3 Å². The molecule has 1 aromatic heterocycles. The van der Waals surface area contributed by atoms with Crippen molar-refractivity contribution in [3.8, 4) is 0 Å². The third-order valence-electron chi connectivity index (χ3n) is 5.04. The number of rotatable bonds is 7. The summed E-state index contributed by atoms with van der Waals surface area (Å²) in [6.07, 6.45) is 2.16. The standard InChI is InChI=1S/C21H31N3O/c1-15(14-21(4,5)18-10-8-7-9-11-18)22-20(25)13-12-19-16(2)23-24(6)17(19)3/h7-11,15H,12-14H2,1-6H3,(H,22,25). The van der Waals surface area contributed by atoms with E-state index < -0.39 is 0 Å². The molecule has 1 amide bonds. The fourth-order valence-electron chi connectivity index (χ4n) is 3.59. The Morgan fingerprint density at radius 1 is 1.24 bits per heavy atom. The molecule has 1 atom stereocenters. The second kappa shape index (κ2) is 7.85. The zero-order valence-electron chi connectivity index (χ0n) is 16.4. The minimum atomic E-state index is 0.0322. The Hall–Kier alpha value is -2.10. The number of carbonyl (C=O) groups excluding carboxylic acids is 1. The van der Waals surface area contributed by atoms with Crippen molar-refractivity contribution in [1.29, 1.82) is 0 Å². The van der Waals surface area contributed by atoms with Gasteiger partial charge in [-0.15, -0.1) is 0 Å². The number of benzene rings is 1. The summed E-state index contributed by atoms with van der Waals surface area (Å²) < 4.78 is 1.88. The van der Waals surface area contributed by atoms with Crippen LogP contribution in [0.2, 0.25) is 0 Å². The van der Waals surface area contributed by atoms with Crippen LogP contribution >= 0.6 is 0 Å². The molecule has 0 radical (unpaired) electrons. The predicted molar refractivity (Wildman–Crippen MR) is 103 cm³/mol. The van der Waals surface area contributed by atoms with Gasteiger partial charge in [0.25, 0.3) is 0 Å². The fraction of sp³-hybridized carbons (Fsp3) is 0.524. The lowest BCUT2D eigenvalue weighted by atomic mass is 9.79. The lowest BCUT2D eigenvalue weighted by Gasteiger charge is -2.29. The quantitative estimate of drug-likeness (QED) is 0.832. The number of aromatic nitrogens is 2. The Bertz CT molecular complexity index is 716. The smallest absolute Gasteiger partial charge is 0.220 e. The fourth-order valence-corrected chi connectivity index (χ4v) is 3.59. The van der Waals surface area contributed by atoms with E-state index in [9.17, 15) is 4.79 Å². The summed E-state index contributed by atoms with van der Waals surface area (Å²) in [7, 11) is 1.94. The van der Waals surface area contributed by atoms with E-state index in [1.807, 2.05) is 24.7 Å². The molecule has 1 N–H and O–H groups in total. The van der Waals surface area contributed by atoms with Crippen LogP contribution in [0.1, 0.15) is 56.1 Å². The van der Waals surface area contributed by atoms with Crippen LogP contribution in [0.25, 0.3) is 0 Å². The average Bonchev–Trinajstić information content (AvgIpc) is 2.78. The van der Waals surface area contributed by atoms with E-state index in [4.69, 9.17) is 0 Å². The molecular weight excluding hydrogens is 310 g/mol. The first kappa shape index (κ1) is 19.2. The van der Waals surface area contributed by atoms with Crippen molar-refractivity contribution in [2.45, 2.75) is 65.3 Å². The molecule has 0 saturated heterocycles. The van der Waals surface area contributed by atoms with Crippen LogP contribution in [-0.2, 0) is 23.7 Å². The topological polar surface area (TPSA) is 46.9 Å². The van der Waals surface area contributed by atoms with Crippen LogP contribution in [-0.4, -0.2) is 21.7 Å². The van der Waals surface area contributed by atoms with Gasteiger partial charge in [-0.3, -0.25) is 9.48 Å². The first-order chi connectivity index (χ1) is 11.7. The highest BCUT2D eigenvalue weighted by Crippen LogP contribution is 2.28. The van der Waals surface area contributed by atoms with Gasteiger partial charge in [0, 0.05) is 25.2 Å². The largest absolute Gasteiger partial charge is 0.354 e. The van der Waals surface area contributed by atoms with Gasteiger partial charge in [-0.1, -0.05) is 44.2 Å². The molecule has 0 saturated carbocycles. The highest BCUT2D eigenvalue weighted by Gasteiger charge is 2.24. The van der Waals surface area contributed by atoms with Gasteiger partial charge in [0.1, 0.15) is 0 Å². The van der Waals surface area contributed by atoms with Gasteiger partial charge in [0.15, 0.2) is 0 Å². The summed E-state index contributed by atoms with van der Waals surface area (Å²) >= 11 is 0. The number of hydrogen-bond donors (Lipinski definition) is 1. The molecule has 0 aliphatic rings.